The Hall–Kier alpha value is -6.66. The fourth-order valence-electron chi connectivity index (χ4n) is 8.87. The number of ether oxygens (including phenoxy) is 2. The minimum absolute atomic E-state index is 0.0250. The molecule has 4 amide bonds. The van der Waals surface area contributed by atoms with E-state index in [0.717, 1.165) is 45.9 Å². The number of imidazole rings is 2. The van der Waals surface area contributed by atoms with Gasteiger partial charge in [0.15, 0.2) is 0 Å². The van der Waals surface area contributed by atoms with Crippen molar-refractivity contribution in [3.8, 4) is 33.6 Å². The normalized spacial score (nSPS) is 19.2. The van der Waals surface area contributed by atoms with Gasteiger partial charge in [0, 0.05) is 29.2 Å². The van der Waals surface area contributed by atoms with Gasteiger partial charge in [0.05, 0.1) is 63.2 Å². The number of aromatic amines is 2. The third-order valence-electron chi connectivity index (χ3n) is 11.9. The molecule has 2 bridgehead atoms. The van der Waals surface area contributed by atoms with Gasteiger partial charge in [-0.25, -0.2) is 37.1 Å². The molecule has 6 heterocycles. The fraction of sp³-hybridized carbons (Fsp3) is 0.422. The van der Waals surface area contributed by atoms with Crippen molar-refractivity contribution < 1.29 is 50.6 Å². The van der Waals surface area contributed by atoms with Gasteiger partial charge in [-0.2, -0.15) is 0 Å². The number of nitrogens with one attached hydrogen (secondary N) is 4. The molecule has 64 heavy (non-hydrogen) atoms. The molecule has 4 N–H and O–H groups in total. The lowest BCUT2D eigenvalue weighted by atomic mass is 9.93. The molecule has 0 saturated carbocycles. The van der Waals surface area contributed by atoms with Crippen LogP contribution in [0, 0.1) is 11.8 Å². The average Bonchev–Trinajstić information content (AvgIpc) is 4.13. The van der Waals surface area contributed by atoms with Crippen molar-refractivity contribution in [3.63, 3.8) is 0 Å². The van der Waals surface area contributed by atoms with Crippen LogP contribution in [0.5, 0.6) is 0 Å². The molecule has 4 atom stereocenters. The number of furan rings is 2. The fourth-order valence-corrected chi connectivity index (χ4v) is 8.87. The van der Waals surface area contributed by atoms with Crippen LogP contribution in [0.1, 0.15) is 70.7 Å². The van der Waals surface area contributed by atoms with E-state index >= 15 is 8.78 Å². The van der Waals surface area contributed by atoms with Crippen LogP contribution in [-0.4, -0.2) is 105 Å². The van der Waals surface area contributed by atoms with Gasteiger partial charge in [-0.3, -0.25) is 9.59 Å². The number of benzene rings is 3. The molecule has 338 valence electrons. The van der Waals surface area contributed by atoms with Crippen molar-refractivity contribution >= 4 is 45.9 Å². The number of fused-ring (bicyclic) bond motifs is 5. The molecule has 0 spiro atoms. The Bertz CT molecular complexity index is 2690. The second-order valence-corrected chi connectivity index (χ2v) is 17.3. The number of nitrogens with zero attached hydrogens (tertiary/aromatic N) is 4. The third kappa shape index (κ3) is 8.42. The number of carbonyl (C=O) groups is 4. The van der Waals surface area contributed by atoms with Gasteiger partial charge in [-0.1, -0.05) is 64.1 Å². The van der Waals surface area contributed by atoms with Gasteiger partial charge in [0.2, 0.25) is 11.8 Å². The molecule has 19 heteroatoms. The van der Waals surface area contributed by atoms with Gasteiger partial charge in [0.1, 0.15) is 34.9 Å². The minimum atomic E-state index is -3.19. The van der Waals surface area contributed by atoms with Crippen LogP contribution in [0.15, 0.2) is 65.3 Å². The van der Waals surface area contributed by atoms with E-state index in [0.29, 0.717) is 33.7 Å². The second kappa shape index (κ2) is 16.8. The number of alkyl halides is 4. The number of alkyl carbamates (subject to hydrolysis) is 2. The summed E-state index contributed by atoms with van der Waals surface area (Å²) in [5.41, 5.74) is 5.36. The monoisotopic (exact) mass is 888 g/mol. The number of rotatable bonds is 12. The number of carbonyl (C=O) groups excluding carboxylic acids is 4. The van der Waals surface area contributed by atoms with E-state index in [-0.39, 0.29) is 24.0 Å². The molecular formula is C45H48F4N8O7. The van der Waals surface area contributed by atoms with Crippen LogP contribution in [0.2, 0.25) is 0 Å². The predicted octanol–water partition coefficient (Wildman–Crippen LogP) is 8.44. The molecular weight excluding hydrogens is 841 g/mol. The van der Waals surface area contributed by atoms with E-state index in [1.807, 2.05) is 62.4 Å². The average molecular weight is 889 g/mol. The van der Waals surface area contributed by atoms with Crippen LogP contribution < -0.4 is 10.6 Å². The summed E-state index contributed by atoms with van der Waals surface area (Å²) in [6, 6.07) is 10.7. The van der Waals surface area contributed by atoms with Gasteiger partial charge >= 0.3 is 12.2 Å². The predicted molar refractivity (Wildman–Crippen MR) is 226 cm³/mol. The SMILES string of the molecule is COC(=O)NC(CC(C)C)C(=O)N1CC(F)(F)CC1c1ncc(-c2ccc(-c3ccc(-c4cnc(C5CC(F)(F)CN5C(=O)C(NC(=O)OC)C(C)C)[nH]4)c4c5ccc(o5)c34)cc2)[nH]1. The first-order chi connectivity index (χ1) is 30.4. The number of amides is 4. The van der Waals surface area contributed by atoms with Gasteiger partial charge in [-0.15, -0.1) is 0 Å². The molecule has 2 saturated heterocycles. The highest BCUT2D eigenvalue weighted by molar-refractivity contribution is 6.19. The lowest BCUT2D eigenvalue weighted by Gasteiger charge is -2.29. The number of methoxy groups -OCH3 is 2. The highest BCUT2D eigenvalue weighted by Crippen LogP contribution is 2.46. The lowest BCUT2D eigenvalue weighted by molar-refractivity contribution is -0.137. The van der Waals surface area contributed by atoms with Crippen LogP contribution in [0.25, 0.3) is 55.6 Å². The smallest absolute Gasteiger partial charge is 0.407 e. The van der Waals surface area contributed by atoms with Gasteiger partial charge in [0.25, 0.3) is 11.8 Å². The van der Waals surface area contributed by atoms with Crippen molar-refractivity contribution in [1.29, 1.82) is 0 Å². The molecule has 2 aliphatic heterocycles. The van der Waals surface area contributed by atoms with E-state index in [1.165, 1.54) is 12.4 Å². The highest BCUT2D eigenvalue weighted by Gasteiger charge is 2.51. The summed E-state index contributed by atoms with van der Waals surface area (Å²) < 4.78 is 75.4. The van der Waals surface area contributed by atoms with E-state index < -0.39 is 91.9 Å². The van der Waals surface area contributed by atoms with Crippen molar-refractivity contribution in [2.24, 2.45) is 11.8 Å². The standard InChI is InChI=1S/C45H48F4N8O7/c1-22(2)15-28(54-42(60)62-5)40(58)56-20-44(46,47)16-31(56)38-50-18-29(52-38)25-9-7-24(8-10-25)26-11-12-27(36-34-14-13-33(64-34)35(26)36)30-19-51-39(53-30)32-17-45(48,49)21-57(32)41(59)37(23(3)4)55-43(61)63-6/h7-14,18-19,22-23,28,31-32,37H,15-17,20-21H2,1-6H3,(H,50,52)(H,51,53)(H,54,60)(H,55,61). The first kappa shape index (κ1) is 44.0. The topological polar surface area (TPSA) is 188 Å². The Balaban J connectivity index is 1.05. The zero-order valence-corrected chi connectivity index (χ0v) is 35.9. The molecule has 4 unspecified atom stereocenters. The summed E-state index contributed by atoms with van der Waals surface area (Å²) in [7, 11) is 2.32. The molecule has 0 radical (unpaired) electrons. The summed E-state index contributed by atoms with van der Waals surface area (Å²) >= 11 is 0. The molecule has 4 aromatic heterocycles. The lowest BCUT2D eigenvalue weighted by Crippen LogP contribution is -2.51. The van der Waals surface area contributed by atoms with Crippen molar-refractivity contribution in [2.75, 3.05) is 27.3 Å². The van der Waals surface area contributed by atoms with E-state index in [1.54, 1.807) is 13.8 Å². The second-order valence-electron chi connectivity index (χ2n) is 17.3. The van der Waals surface area contributed by atoms with E-state index in [4.69, 9.17) is 4.42 Å². The third-order valence-corrected chi connectivity index (χ3v) is 11.9. The zero-order valence-electron chi connectivity index (χ0n) is 35.9. The first-order valence-corrected chi connectivity index (χ1v) is 20.9. The maximum Gasteiger partial charge on any atom is 0.407 e. The summed E-state index contributed by atoms with van der Waals surface area (Å²) in [5.74, 6) is -7.78. The zero-order chi connectivity index (χ0) is 45.8. The molecule has 15 nitrogen and oxygen atoms in total. The molecule has 2 aromatic carbocycles. The minimum Gasteiger partial charge on any atom is -0.456 e. The number of halogens is 4. The quantitative estimate of drug-likeness (QED) is 0.0875. The number of likely N-dealkylation sites (tertiary alicyclic amines) is 2. The summed E-state index contributed by atoms with van der Waals surface area (Å²) in [4.78, 5) is 68.8. The Labute approximate surface area is 364 Å². The van der Waals surface area contributed by atoms with E-state index in [2.05, 4.69) is 40.0 Å². The Morgan fingerprint density at radius 1 is 0.719 bits per heavy atom. The van der Waals surface area contributed by atoms with Crippen molar-refractivity contribution in [1.82, 2.24) is 40.4 Å². The summed E-state index contributed by atoms with van der Waals surface area (Å²) in [6.07, 6.45) is 0.303. The van der Waals surface area contributed by atoms with Crippen molar-refractivity contribution in [2.45, 2.75) is 83.0 Å². The Morgan fingerprint density at radius 2 is 1.22 bits per heavy atom. The summed E-state index contributed by atoms with van der Waals surface area (Å²) in [6.45, 7) is 5.44. The molecule has 2 fully saturated rings. The van der Waals surface area contributed by atoms with Crippen LogP contribution >= 0.6 is 0 Å². The first-order valence-electron chi connectivity index (χ1n) is 20.9. The number of H-pyrrole nitrogens is 2. The highest BCUT2D eigenvalue weighted by atomic mass is 19.3. The van der Waals surface area contributed by atoms with Crippen LogP contribution in [0.3, 0.4) is 0 Å². The molecule has 0 aliphatic carbocycles. The van der Waals surface area contributed by atoms with Crippen LogP contribution in [0.4, 0.5) is 27.2 Å². The molecule has 8 rings (SSSR count). The summed E-state index contributed by atoms with van der Waals surface area (Å²) in [5, 5.41) is 6.55. The number of hydrogen-bond acceptors (Lipinski definition) is 9. The van der Waals surface area contributed by atoms with Crippen molar-refractivity contribution in [3.05, 3.63) is 72.6 Å². The van der Waals surface area contributed by atoms with Gasteiger partial charge < -0.3 is 44.3 Å². The maximum atomic E-state index is 15.0. The van der Waals surface area contributed by atoms with Gasteiger partial charge in [-0.05, 0) is 47.1 Å². The number of hydrogen-bond donors (Lipinski definition) is 4. The maximum absolute atomic E-state index is 15.0. The van der Waals surface area contributed by atoms with Crippen LogP contribution in [-0.2, 0) is 19.1 Å². The Kier molecular flexibility index (Phi) is 11.5. The Morgan fingerprint density at radius 3 is 1.78 bits per heavy atom. The van der Waals surface area contributed by atoms with E-state index in [9.17, 15) is 28.0 Å². The number of aromatic nitrogens is 4. The molecule has 6 aromatic rings. The largest absolute Gasteiger partial charge is 0.456 e. The molecule has 2 aliphatic rings.